The molecule has 4 rings (SSSR count). The first-order valence-electron chi connectivity index (χ1n) is 10.3. The first kappa shape index (κ1) is 17.3. The second-order valence-electron chi connectivity index (χ2n) is 10.6. The highest BCUT2D eigenvalue weighted by molar-refractivity contribution is 5.87. The lowest BCUT2D eigenvalue weighted by Crippen LogP contribution is -2.44. The molecule has 0 N–H and O–H groups in total. The summed E-state index contributed by atoms with van der Waals surface area (Å²) in [5, 5.41) is 0. The molecule has 136 valence electrons. The molecule has 3 saturated carbocycles. The van der Waals surface area contributed by atoms with Gasteiger partial charge in [0.15, 0.2) is 0 Å². The Morgan fingerprint density at radius 1 is 0.880 bits per heavy atom. The number of hydrogen-bond donors (Lipinski definition) is 0. The van der Waals surface area contributed by atoms with Gasteiger partial charge in [-0.2, -0.15) is 0 Å². The van der Waals surface area contributed by atoms with Gasteiger partial charge in [0.2, 0.25) is 0 Å². The predicted molar refractivity (Wildman–Crippen MR) is 104 cm³/mol. The number of carbonyl (C=O) groups is 1. The molecule has 0 amide bonds. The minimum absolute atomic E-state index is 0.0146. The molecule has 0 saturated heterocycles. The number of fused-ring (bicyclic) bond motifs is 5. The van der Waals surface area contributed by atoms with Crippen LogP contribution in [-0.4, -0.2) is 5.78 Å². The predicted octanol–water partition coefficient (Wildman–Crippen LogP) is 6.27. The summed E-state index contributed by atoms with van der Waals surface area (Å²) in [5.74, 6) is 2.56. The molecule has 1 nitrogen and oxygen atoms in total. The molecule has 4 aliphatic rings. The smallest absolute Gasteiger partial charge is 0.139 e. The van der Waals surface area contributed by atoms with Crippen molar-refractivity contribution in [1.82, 2.24) is 0 Å². The normalized spacial score (nSPS) is 47.1. The van der Waals surface area contributed by atoms with Crippen LogP contribution >= 0.6 is 0 Å². The fraction of sp³-hybridized carbons (Fsp3) is 0.708. The Bertz CT molecular complexity index is 687. The summed E-state index contributed by atoms with van der Waals surface area (Å²) in [6.07, 6.45) is 16.6. The van der Waals surface area contributed by atoms with E-state index < -0.39 is 0 Å². The van der Waals surface area contributed by atoms with Crippen molar-refractivity contribution < 1.29 is 4.79 Å². The van der Waals surface area contributed by atoms with Crippen molar-refractivity contribution in [2.24, 2.45) is 34.0 Å². The molecule has 0 aromatic rings. The fourth-order valence-corrected chi connectivity index (χ4v) is 6.28. The van der Waals surface area contributed by atoms with Gasteiger partial charge in [-0.05, 0) is 61.0 Å². The van der Waals surface area contributed by atoms with Crippen molar-refractivity contribution in [3.05, 3.63) is 35.5 Å². The molecule has 0 heterocycles. The second kappa shape index (κ2) is 5.44. The molecule has 25 heavy (non-hydrogen) atoms. The zero-order chi connectivity index (χ0) is 18.0. The van der Waals surface area contributed by atoms with Crippen LogP contribution in [0, 0.1) is 34.0 Å². The Hall–Kier alpha value is -1.11. The highest BCUT2D eigenvalue weighted by Crippen LogP contribution is 2.60. The molecule has 0 spiro atoms. The molecule has 4 atom stereocenters. The van der Waals surface area contributed by atoms with Crippen LogP contribution in [0.3, 0.4) is 0 Å². The van der Waals surface area contributed by atoms with Crippen LogP contribution in [0.1, 0.15) is 73.1 Å². The van der Waals surface area contributed by atoms with Gasteiger partial charge in [-0.1, -0.05) is 58.9 Å². The van der Waals surface area contributed by atoms with Crippen molar-refractivity contribution in [2.75, 3.05) is 0 Å². The van der Waals surface area contributed by atoms with Crippen LogP contribution in [0.5, 0.6) is 0 Å². The van der Waals surface area contributed by atoms with Gasteiger partial charge in [-0.25, -0.2) is 0 Å². The van der Waals surface area contributed by atoms with E-state index in [2.05, 4.69) is 58.9 Å². The minimum atomic E-state index is -0.0146. The summed E-state index contributed by atoms with van der Waals surface area (Å²) in [4.78, 5) is 12.5. The number of carbonyl (C=O) groups excluding carboxylic acids is 1. The zero-order valence-corrected chi connectivity index (χ0v) is 16.7. The first-order valence-corrected chi connectivity index (χ1v) is 10.3. The van der Waals surface area contributed by atoms with Gasteiger partial charge < -0.3 is 0 Å². The monoisotopic (exact) mass is 338 g/mol. The van der Waals surface area contributed by atoms with Gasteiger partial charge in [0.1, 0.15) is 5.78 Å². The SMILES string of the molecule is CC1(C)/C=C\C(C)(C)/C=C2\C(=C/1)CCC1C2CCC2(C)C(=O)CCC12. The lowest BCUT2D eigenvalue weighted by Gasteiger charge is -2.50. The van der Waals surface area contributed by atoms with E-state index in [9.17, 15) is 4.79 Å². The van der Waals surface area contributed by atoms with E-state index in [-0.39, 0.29) is 16.2 Å². The van der Waals surface area contributed by atoms with Crippen LogP contribution in [0.2, 0.25) is 0 Å². The van der Waals surface area contributed by atoms with E-state index in [0.29, 0.717) is 17.6 Å². The maximum Gasteiger partial charge on any atom is 0.139 e. The van der Waals surface area contributed by atoms with Gasteiger partial charge in [0.05, 0.1) is 0 Å². The van der Waals surface area contributed by atoms with Crippen molar-refractivity contribution in [3.63, 3.8) is 0 Å². The summed E-state index contributed by atoms with van der Waals surface area (Å²) >= 11 is 0. The molecule has 0 bridgehead atoms. The Morgan fingerprint density at radius 2 is 1.56 bits per heavy atom. The third kappa shape index (κ3) is 2.78. The summed E-state index contributed by atoms with van der Waals surface area (Å²) in [6, 6.07) is 0. The Labute approximate surface area is 153 Å². The third-order valence-electron chi connectivity index (χ3n) is 7.68. The molecule has 4 unspecified atom stereocenters. The Kier molecular flexibility index (Phi) is 3.77. The summed E-state index contributed by atoms with van der Waals surface area (Å²) < 4.78 is 0. The molecule has 3 fully saturated rings. The molecule has 4 aliphatic carbocycles. The van der Waals surface area contributed by atoms with Crippen LogP contribution in [-0.2, 0) is 4.79 Å². The molecule has 1 heteroatoms. The van der Waals surface area contributed by atoms with E-state index in [1.807, 2.05) is 0 Å². The number of rotatable bonds is 0. The van der Waals surface area contributed by atoms with Gasteiger partial charge in [0, 0.05) is 22.7 Å². The summed E-state index contributed by atoms with van der Waals surface area (Å²) in [6.45, 7) is 11.6. The molecule has 0 aliphatic heterocycles. The first-order chi connectivity index (χ1) is 11.6. The van der Waals surface area contributed by atoms with E-state index in [1.165, 1.54) is 19.3 Å². The maximum atomic E-state index is 12.5. The van der Waals surface area contributed by atoms with Crippen LogP contribution in [0.4, 0.5) is 0 Å². The van der Waals surface area contributed by atoms with Crippen LogP contribution in [0.25, 0.3) is 0 Å². The van der Waals surface area contributed by atoms with Crippen LogP contribution < -0.4 is 0 Å². The van der Waals surface area contributed by atoms with Crippen LogP contribution in [0.15, 0.2) is 35.5 Å². The molecule has 0 aromatic heterocycles. The van der Waals surface area contributed by atoms with Crippen molar-refractivity contribution >= 4 is 5.78 Å². The van der Waals surface area contributed by atoms with E-state index in [4.69, 9.17) is 0 Å². The van der Waals surface area contributed by atoms with Crippen molar-refractivity contribution in [3.8, 4) is 0 Å². The number of ketones is 1. The van der Waals surface area contributed by atoms with E-state index >= 15 is 0 Å². The molecular weight excluding hydrogens is 304 g/mol. The lowest BCUT2D eigenvalue weighted by molar-refractivity contribution is -0.129. The average Bonchev–Trinajstić information content (AvgIpc) is 2.82. The maximum absolute atomic E-state index is 12.5. The van der Waals surface area contributed by atoms with Gasteiger partial charge in [0.25, 0.3) is 0 Å². The number of allylic oxidation sites excluding steroid dienone is 6. The second-order valence-corrected chi connectivity index (χ2v) is 10.6. The molecule has 0 aromatic carbocycles. The molecule has 0 radical (unpaired) electrons. The Morgan fingerprint density at radius 3 is 2.28 bits per heavy atom. The molecular formula is C24H34O. The quantitative estimate of drug-likeness (QED) is 0.476. The Balaban J connectivity index is 1.76. The zero-order valence-electron chi connectivity index (χ0n) is 16.7. The standard InChI is InChI=1S/C24H34O/c1-22(2)12-13-23(3,4)15-19-16(14-22)6-7-18-17(19)10-11-24(5)20(18)8-9-21(24)25/h12-15,17-18,20H,6-11H2,1-5H3/b13-12-,16-14-,19-15+. The lowest BCUT2D eigenvalue weighted by atomic mass is 9.54. The van der Waals surface area contributed by atoms with E-state index in [1.54, 1.807) is 11.1 Å². The highest BCUT2D eigenvalue weighted by atomic mass is 16.1. The fourth-order valence-electron chi connectivity index (χ4n) is 6.28. The summed E-state index contributed by atoms with van der Waals surface area (Å²) in [5.41, 5.74) is 3.45. The number of hydrogen-bond acceptors (Lipinski definition) is 1. The average molecular weight is 339 g/mol. The van der Waals surface area contributed by atoms with E-state index in [0.717, 1.165) is 25.2 Å². The van der Waals surface area contributed by atoms with Crippen molar-refractivity contribution in [2.45, 2.75) is 73.1 Å². The van der Waals surface area contributed by atoms with Gasteiger partial charge >= 0.3 is 0 Å². The topological polar surface area (TPSA) is 17.1 Å². The summed E-state index contributed by atoms with van der Waals surface area (Å²) in [7, 11) is 0. The minimum Gasteiger partial charge on any atom is -0.299 e. The highest BCUT2D eigenvalue weighted by Gasteiger charge is 2.55. The van der Waals surface area contributed by atoms with Crippen molar-refractivity contribution in [1.29, 1.82) is 0 Å². The number of Topliss-reactive ketones (excluding diaryl/α,β-unsaturated/α-hetero) is 1. The van der Waals surface area contributed by atoms with Gasteiger partial charge in [-0.3, -0.25) is 4.79 Å². The third-order valence-corrected chi connectivity index (χ3v) is 7.68. The largest absolute Gasteiger partial charge is 0.299 e. The van der Waals surface area contributed by atoms with Gasteiger partial charge in [-0.15, -0.1) is 0 Å².